The molecule has 2 aliphatic rings. The number of hydrogen-bond donors (Lipinski definition) is 0. The number of aromatic nitrogens is 2. The monoisotopic (exact) mass is 426 g/mol. The first-order valence-corrected chi connectivity index (χ1v) is 11.2. The Morgan fingerprint density at radius 2 is 1.90 bits per heavy atom. The normalized spacial score (nSPS) is 17.0. The first-order valence-electron chi connectivity index (χ1n) is 11.2. The summed E-state index contributed by atoms with van der Waals surface area (Å²) in [5.74, 6) is 2.14. The van der Waals surface area contributed by atoms with Crippen molar-refractivity contribution in [1.29, 1.82) is 0 Å². The van der Waals surface area contributed by atoms with Crippen molar-refractivity contribution < 1.29 is 13.9 Å². The third kappa shape index (κ3) is 5.03. The number of ether oxygens (including phenoxy) is 1. The predicted octanol–water partition coefficient (Wildman–Crippen LogP) is 3.62. The second kappa shape index (κ2) is 9.73. The smallest absolute Gasteiger partial charge is 0.224 e. The molecule has 0 unspecified atom stereocenters. The van der Waals surface area contributed by atoms with E-state index in [-0.39, 0.29) is 17.6 Å². The lowest BCUT2D eigenvalue weighted by Gasteiger charge is -2.34. The van der Waals surface area contributed by atoms with Crippen LogP contribution in [0.15, 0.2) is 24.3 Å². The maximum atomic E-state index is 13.3. The minimum atomic E-state index is -0.213. The number of nitrogens with zero attached hydrogens (tertiary/aromatic N) is 4. The van der Waals surface area contributed by atoms with Crippen molar-refractivity contribution in [3.63, 3.8) is 0 Å². The Labute approximate surface area is 183 Å². The maximum absolute atomic E-state index is 13.3. The van der Waals surface area contributed by atoms with Crippen LogP contribution < -0.4 is 4.90 Å². The molecule has 1 aromatic carbocycles. The molecule has 1 amide bonds. The van der Waals surface area contributed by atoms with Crippen molar-refractivity contribution >= 4 is 11.7 Å². The lowest BCUT2D eigenvalue weighted by Crippen LogP contribution is -2.39. The fourth-order valence-corrected chi connectivity index (χ4v) is 4.59. The number of fused-ring (bicyclic) bond motifs is 1. The van der Waals surface area contributed by atoms with Crippen molar-refractivity contribution in [3.8, 4) is 0 Å². The molecule has 3 heterocycles. The van der Waals surface area contributed by atoms with Gasteiger partial charge in [0.25, 0.3) is 0 Å². The molecule has 1 fully saturated rings. The van der Waals surface area contributed by atoms with Gasteiger partial charge >= 0.3 is 0 Å². The Morgan fingerprint density at radius 1 is 1.16 bits per heavy atom. The van der Waals surface area contributed by atoms with E-state index in [0.717, 1.165) is 74.8 Å². The highest BCUT2D eigenvalue weighted by molar-refractivity contribution is 5.76. The minimum Gasteiger partial charge on any atom is -0.384 e. The van der Waals surface area contributed by atoms with Crippen molar-refractivity contribution in [1.82, 2.24) is 14.9 Å². The van der Waals surface area contributed by atoms with Gasteiger partial charge in [0.05, 0.1) is 13.0 Å². The van der Waals surface area contributed by atoms with Gasteiger partial charge in [-0.2, -0.15) is 0 Å². The topological polar surface area (TPSA) is 58.6 Å². The van der Waals surface area contributed by atoms with Gasteiger partial charge in [-0.25, -0.2) is 14.4 Å². The average molecular weight is 427 g/mol. The number of benzene rings is 1. The largest absolute Gasteiger partial charge is 0.384 e. The summed E-state index contributed by atoms with van der Waals surface area (Å²) in [5, 5.41) is 0. The van der Waals surface area contributed by atoms with Gasteiger partial charge in [0, 0.05) is 50.5 Å². The minimum absolute atomic E-state index is 0.160. The Kier molecular flexibility index (Phi) is 6.80. The highest BCUT2D eigenvalue weighted by atomic mass is 19.1. The number of piperidine rings is 1. The third-order valence-electron chi connectivity index (χ3n) is 6.38. The molecular formula is C24H31FN4O2. The first-order chi connectivity index (χ1) is 15.0. The van der Waals surface area contributed by atoms with E-state index in [1.807, 2.05) is 17.0 Å². The molecule has 166 valence electrons. The van der Waals surface area contributed by atoms with Crippen molar-refractivity contribution in [3.05, 3.63) is 52.7 Å². The quantitative estimate of drug-likeness (QED) is 0.706. The first kappa shape index (κ1) is 21.7. The van der Waals surface area contributed by atoms with E-state index >= 15 is 0 Å². The average Bonchev–Trinajstić information content (AvgIpc) is 2.79. The lowest BCUT2D eigenvalue weighted by atomic mass is 9.94. The van der Waals surface area contributed by atoms with Gasteiger partial charge in [0.2, 0.25) is 5.91 Å². The predicted molar refractivity (Wildman–Crippen MR) is 118 cm³/mol. The number of amides is 1. The van der Waals surface area contributed by atoms with Gasteiger partial charge in [0.1, 0.15) is 17.5 Å². The number of rotatable bonds is 6. The maximum Gasteiger partial charge on any atom is 0.224 e. The van der Waals surface area contributed by atoms with E-state index in [1.54, 1.807) is 7.11 Å². The molecule has 4 rings (SSSR count). The van der Waals surface area contributed by atoms with E-state index in [0.29, 0.717) is 13.0 Å². The Morgan fingerprint density at radius 3 is 2.61 bits per heavy atom. The highest BCUT2D eigenvalue weighted by Crippen LogP contribution is 2.33. The van der Waals surface area contributed by atoms with Crippen LogP contribution in [0.1, 0.15) is 54.2 Å². The van der Waals surface area contributed by atoms with Crippen LogP contribution in [0.3, 0.4) is 0 Å². The molecular weight excluding hydrogens is 395 g/mol. The molecule has 0 spiro atoms. The molecule has 7 heteroatoms. The highest BCUT2D eigenvalue weighted by Gasteiger charge is 2.28. The van der Waals surface area contributed by atoms with E-state index in [9.17, 15) is 9.18 Å². The summed E-state index contributed by atoms with van der Waals surface area (Å²) in [7, 11) is 1.62. The van der Waals surface area contributed by atoms with Crippen molar-refractivity contribution in [2.75, 3.05) is 38.3 Å². The fraction of sp³-hybridized carbons (Fsp3) is 0.542. The molecule has 0 aliphatic carbocycles. The van der Waals surface area contributed by atoms with Gasteiger partial charge in [0.15, 0.2) is 0 Å². The molecule has 0 bridgehead atoms. The van der Waals surface area contributed by atoms with E-state index in [2.05, 4.69) is 11.8 Å². The number of methoxy groups -OCH3 is 1. The fourth-order valence-electron chi connectivity index (χ4n) is 4.59. The molecule has 2 aliphatic heterocycles. The van der Waals surface area contributed by atoms with Gasteiger partial charge in [-0.1, -0.05) is 12.1 Å². The van der Waals surface area contributed by atoms with Crippen molar-refractivity contribution in [2.45, 2.75) is 51.5 Å². The van der Waals surface area contributed by atoms with Gasteiger partial charge in [-0.3, -0.25) is 4.79 Å². The zero-order valence-corrected chi connectivity index (χ0v) is 18.4. The summed E-state index contributed by atoms with van der Waals surface area (Å²) in [6.45, 7) is 5.69. The number of halogens is 1. The van der Waals surface area contributed by atoms with Crippen LogP contribution in [0.2, 0.25) is 0 Å². The second-order valence-electron chi connectivity index (χ2n) is 8.52. The van der Waals surface area contributed by atoms with Crippen LogP contribution in [0.5, 0.6) is 0 Å². The molecule has 6 nitrogen and oxygen atoms in total. The van der Waals surface area contributed by atoms with Crippen LogP contribution >= 0.6 is 0 Å². The van der Waals surface area contributed by atoms with Crippen molar-refractivity contribution in [2.24, 2.45) is 0 Å². The molecule has 1 aromatic heterocycles. The number of carbonyl (C=O) groups is 1. The van der Waals surface area contributed by atoms with E-state index in [4.69, 9.17) is 14.7 Å². The standard InChI is InChI=1S/C24H31FN4O2/c1-17-21-4-3-12-29(16-18-5-7-20(25)8-6-18)24(21)27-23(26-17)19-9-13-28(14-10-19)22(30)11-15-31-2/h5-8,19H,3-4,9-16H2,1-2H3. The summed E-state index contributed by atoms with van der Waals surface area (Å²) in [6, 6.07) is 6.71. The van der Waals surface area contributed by atoms with Gasteiger partial charge in [-0.15, -0.1) is 0 Å². The Bertz CT molecular complexity index is 911. The zero-order chi connectivity index (χ0) is 21.8. The summed E-state index contributed by atoms with van der Waals surface area (Å²) in [4.78, 5) is 26.4. The van der Waals surface area contributed by atoms with Crippen LogP contribution in [-0.4, -0.2) is 54.1 Å². The molecule has 0 N–H and O–H groups in total. The Balaban J connectivity index is 1.49. The van der Waals surface area contributed by atoms with E-state index < -0.39 is 0 Å². The number of carbonyl (C=O) groups excluding carboxylic acids is 1. The molecule has 1 saturated heterocycles. The van der Waals surface area contributed by atoms with Gasteiger partial charge in [-0.05, 0) is 50.3 Å². The molecule has 31 heavy (non-hydrogen) atoms. The molecule has 2 aromatic rings. The number of anilines is 1. The van der Waals surface area contributed by atoms with Gasteiger partial charge < -0.3 is 14.5 Å². The molecule has 0 atom stereocenters. The van der Waals surface area contributed by atoms with Crippen LogP contribution in [-0.2, 0) is 22.5 Å². The Hall–Kier alpha value is -2.54. The van der Waals surface area contributed by atoms with Crippen LogP contribution in [0, 0.1) is 12.7 Å². The summed E-state index contributed by atoms with van der Waals surface area (Å²) in [6.07, 6.45) is 4.27. The summed E-state index contributed by atoms with van der Waals surface area (Å²) < 4.78 is 18.3. The van der Waals surface area contributed by atoms with E-state index in [1.165, 1.54) is 17.7 Å². The summed E-state index contributed by atoms with van der Waals surface area (Å²) in [5.41, 5.74) is 3.36. The number of hydrogen-bond acceptors (Lipinski definition) is 5. The third-order valence-corrected chi connectivity index (χ3v) is 6.38. The van der Waals surface area contributed by atoms with Crippen LogP contribution in [0.25, 0.3) is 0 Å². The zero-order valence-electron chi connectivity index (χ0n) is 18.4. The molecule has 0 radical (unpaired) electrons. The van der Waals surface area contributed by atoms with Crippen LogP contribution in [0.4, 0.5) is 10.2 Å². The SMILES string of the molecule is COCCC(=O)N1CCC(c2nc(C)c3c(n2)N(Cc2ccc(F)cc2)CCC3)CC1. The second-order valence-corrected chi connectivity index (χ2v) is 8.52. The molecule has 0 saturated carbocycles. The number of likely N-dealkylation sites (tertiary alicyclic amines) is 1. The lowest BCUT2D eigenvalue weighted by molar-refractivity contribution is -0.133. The summed E-state index contributed by atoms with van der Waals surface area (Å²) >= 11 is 0. The number of aryl methyl sites for hydroxylation is 1.